The SMILES string of the molecule is COc1ccc(CNC(=O)CCN(C(C)=O)c2ccccc2Cl)cc1OC. The van der Waals surface area contributed by atoms with Gasteiger partial charge in [0.1, 0.15) is 0 Å². The number of carbonyl (C=O) groups is 2. The Morgan fingerprint density at radius 3 is 2.41 bits per heavy atom. The van der Waals surface area contributed by atoms with Crippen LogP contribution in [-0.4, -0.2) is 32.6 Å². The van der Waals surface area contributed by atoms with Crippen molar-refractivity contribution in [3.05, 3.63) is 53.1 Å². The minimum Gasteiger partial charge on any atom is -0.493 e. The van der Waals surface area contributed by atoms with E-state index in [1.54, 1.807) is 44.6 Å². The zero-order valence-electron chi connectivity index (χ0n) is 15.6. The third-order valence-electron chi connectivity index (χ3n) is 4.02. The number of halogens is 1. The van der Waals surface area contributed by atoms with Gasteiger partial charge in [-0.05, 0) is 29.8 Å². The standard InChI is InChI=1S/C20H23ClN2O4/c1-14(24)23(17-7-5-4-6-16(17)21)11-10-20(25)22-13-15-8-9-18(26-2)19(12-15)27-3/h4-9,12H,10-11,13H2,1-3H3,(H,22,25). The molecular weight excluding hydrogens is 368 g/mol. The van der Waals surface area contributed by atoms with Crippen LogP contribution in [0.15, 0.2) is 42.5 Å². The molecule has 0 unspecified atom stereocenters. The molecule has 144 valence electrons. The molecule has 2 amide bonds. The number of methoxy groups -OCH3 is 2. The van der Waals surface area contributed by atoms with Crippen LogP contribution in [0.2, 0.25) is 5.02 Å². The van der Waals surface area contributed by atoms with E-state index >= 15 is 0 Å². The number of hydrogen-bond donors (Lipinski definition) is 1. The second-order valence-corrected chi connectivity index (χ2v) is 6.25. The highest BCUT2D eigenvalue weighted by Crippen LogP contribution is 2.27. The van der Waals surface area contributed by atoms with Gasteiger partial charge in [-0.3, -0.25) is 9.59 Å². The number of anilines is 1. The number of ether oxygens (including phenoxy) is 2. The summed E-state index contributed by atoms with van der Waals surface area (Å²) in [4.78, 5) is 25.6. The molecule has 0 spiro atoms. The zero-order chi connectivity index (χ0) is 19.8. The van der Waals surface area contributed by atoms with Gasteiger partial charge in [-0.1, -0.05) is 29.8 Å². The van der Waals surface area contributed by atoms with E-state index in [1.807, 2.05) is 12.1 Å². The molecular formula is C20H23ClN2O4. The third-order valence-corrected chi connectivity index (χ3v) is 4.34. The van der Waals surface area contributed by atoms with Gasteiger partial charge in [-0.2, -0.15) is 0 Å². The van der Waals surface area contributed by atoms with Gasteiger partial charge in [0.05, 0.1) is 24.9 Å². The molecule has 7 heteroatoms. The molecule has 1 N–H and O–H groups in total. The molecule has 27 heavy (non-hydrogen) atoms. The van der Waals surface area contributed by atoms with Crippen molar-refractivity contribution in [2.45, 2.75) is 19.9 Å². The molecule has 0 fully saturated rings. The number of amides is 2. The van der Waals surface area contributed by atoms with E-state index in [0.717, 1.165) is 5.56 Å². The maximum Gasteiger partial charge on any atom is 0.223 e. The number of para-hydroxylation sites is 1. The van der Waals surface area contributed by atoms with Gasteiger partial charge < -0.3 is 19.7 Å². The average molecular weight is 391 g/mol. The first-order valence-corrected chi connectivity index (χ1v) is 8.84. The summed E-state index contributed by atoms with van der Waals surface area (Å²) in [6.45, 7) is 2.05. The molecule has 6 nitrogen and oxygen atoms in total. The molecule has 0 aliphatic rings. The van der Waals surface area contributed by atoms with E-state index in [2.05, 4.69) is 5.32 Å². The van der Waals surface area contributed by atoms with Crippen molar-refractivity contribution in [3.8, 4) is 11.5 Å². The summed E-state index contributed by atoms with van der Waals surface area (Å²) in [6.07, 6.45) is 0.165. The minimum absolute atomic E-state index is 0.164. The topological polar surface area (TPSA) is 67.9 Å². The monoisotopic (exact) mass is 390 g/mol. The largest absolute Gasteiger partial charge is 0.493 e. The Morgan fingerprint density at radius 2 is 1.78 bits per heavy atom. The maximum atomic E-state index is 12.2. The average Bonchev–Trinajstić information content (AvgIpc) is 2.67. The summed E-state index contributed by atoms with van der Waals surface area (Å²) in [6, 6.07) is 12.5. The first-order valence-electron chi connectivity index (χ1n) is 8.46. The molecule has 0 atom stereocenters. The van der Waals surface area contributed by atoms with Crippen molar-refractivity contribution in [2.75, 3.05) is 25.7 Å². The first-order chi connectivity index (χ1) is 13.0. The second kappa shape index (κ2) is 9.83. The lowest BCUT2D eigenvalue weighted by Crippen LogP contribution is -2.33. The van der Waals surface area contributed by atoms with Crippen LogP contribution in [0.4, 0.5) is 5.69 Å². The number of nitrogens with one attached hydrogen (secondary N) is 1. The van der Waals surface area contributed by atoms with Crippen LogP contribution in [0.5, 0.6) is 11.5 Å². The van der Waals surface area contributed by atoms with Crippen molar-refractivity contribution in [1.82, 2.24) is 5.32 Å². The van der Waals surface area contributed by atoms with Crippen molar-refractivity contribution in [3.63, 3.8) is 0 Å². The Bertz CT molecular complexity index is 810. The van der Waals surface area contributed by atoms with E-state index in [9.17, 15) is 9.59 Å². The number of carbonyl (C=O) groups excluding carboxylic acids is 2. The number of benzene rings is 2. The van der Waals surface area contributed by atoms with Crippen LogP contribution < -0.4 is 19.7 Å². The summed E-state index contributed by atoms with van der Waals surface area (Å²) < 4.78 is 10.5. The zero-order valence-corrected chi connectivity index (χ0v) is 16.4. The molecule has 2 aromatic carbocycles. The first kappa shape index (κ1) is 20.6. The van der Waals surface area contributed by atoms with E-state index in [4.69, 9.17) is 21.1 Å². The van der Waals surface area contributed by atoms with Crippen LogP contribution in [0.3, 0.4) is 0 Å². The van der Waals surface area contributed by atoms with Crippen LogP contribution in [0.1, 0.15) is 18.9 Å². The van der Waals surface area contributed by atoms with Crippen LogP contribution in [-0.2, 0) is 16.1 Å². The van der Waals surface area contributed by atoms with Crippen molar-refractivity contribution in [2.24, 2.45) is 0 Å². The minimum atomic E-state index is -0.171. The van der Waals surface area contributed by atoms with Crippen molar-refractivity contribution >= 4 is 29.1 Å². The van der Waals surface area contributed by atoms with Crippen molar-refractivity contribution in [1.29, 1.82) is 0 Å². The van der Waals surface area contributed by atoms with E-state index in [1.165, 1.54) is 11.8 Å². The number of hydrogen-bond acceptors (Lipinski definition) is 4. The van der Waals surface area contributed by atoms with Crippen LogP contribution >= 0.6 is 11.6 Å². The second-order valence-electron chi connectivity index (χ2n) is 5.84. The van der Waals surface area contributed by atoms with Gasteiger partial charge in [0.2, 0.25) is 11.8 Å². The fraction of sp³-hybridized carbons (Fsp3) is 0.300. The molecule has 0 saturated carbocycles. The molecule has 0 aliphatic carbocycles. The predicted molar refractivity (Wildman–Crippen MR) is 105 cm³/mol. The summed E-state index contributed by atoms with van der Waals surface area (Å²) in [7, 11) is 3.13. The van der Waals surface area contributed by atoms with Gasteiger partial charge in [0.15, 0.2) is 11.5 Å². The fourth-order valence-electron chi connectivity index (χ4n) is 2.61. The van der Waals surface area contributed by atoms with Crippen LogP contribution in [0, 0.1) is 0 Å². The quantitative estimate of drug-likeness (QED) is 0.750. The summed E-state index contributed by atoms with van der Waals surface area (Å²) in [5.74, 6) is 0.897. The van der Waals surface area contributed by atoms with E-state index in [0.29, 0.717) is 28.8 Å². The van der Waals surface area contributed by atoms with Crippen molar-refractivity contribution < 1.29 is 19.1 Å². The van der Waals surface area contributed by atoms with E-state index in [-0.39, 0.29) is 24.8 Å². The van der Waals surface area contributed by atoms with Gasteiger partial charge in [-0.15, -0.1) is 0 Å². The lowest BCUT2D eigenvalue weighted by Gasteiger charge is -2.22. The smallest absolute Gasteiger partial charge is 0.223 e. The lowest BCUT2D eigenvalue weighted by atomic mass is 10.2. The molecule has 0 aliphatic heterocycles. The van der Waals surface area contributed by atoms with E-state index < -0.39 is 0 Å². The Kier molecular flexibility index (Phi) is 7.49. The normalized spacial score (nSPS) is 10.2. The molecule has 0 saturated heterocycles. The number of rotatable bonds is 8. The van der Waals surface area contributed by atoms with Gasteiger partial charge >= 0.3 is 0 Å². The summed E-state index contributed by atoms with van der Waals surface area (Å²) in [5, 5.41) is 3.31. The van der Waals surface area contributed by atoms with Gasteiger partial charge in [-0.25, -0.2) is 0 Å². The predicted octanol–water partition coefficient (Wildman–Crippen LogP) is 3.42. The molecule has 2 rings (SSSR count). The Morgan fingerprint density at radius 1 is 1.07 bits per heavy atom. The van der Waals surface area contributed by atoms with Crippen LogP contribution in [0.25, 0.3) is 0 Å². The lowest BCUT2D eigenvalue weighted by molar-refractivity contribution is -0.121. The molecule has 0 aromatic heterocycles. The highest BCUT2D eigenvalue weighted by molar-refractivity contribution is 6.33. The Balaban J connectivity index is 1.93. The highest BCUT2D eigenvalue weighted by atomic mass is 35.5. The summed E-state index contributed by atoms with van der Waals surface area (Å²) in [5.41, 5.74) is 1.48. The third kappa shape index (κ3) is 5.62. The van der Waals surface area contributed by atoms with Gasteiger partial charge in [0, 0.05) is 26.4 Å². The Hall–Kier alpha value is -2.73. The molecule has 0 radical (unpaired) electrons. The maximum absolute atomic E-state index is 12.2. The molecule has 2 aromatic rings. The molecule has 0 heterocycles. The summed E-state index contributed by atoms with van der Waals surface area (Å²) >= 11 is 6.16. The Labute approximate surface area is 164 Å². The number of nitrogens with zero attached hydrogens (tertiary/aromatic N) is 1. The molecule has 0 bridgehead atoms. The highest BCUT2D eigenvalue weighted by Gasteiger charge is 2.16. The van der Waals surface area contributed by atoms with Gasteiger partial charge in [0.25, 0.3) is 0 Å². The fourth-order valence-corrected chi connectivity index (χ4v) is 2.85.